The fourth-order valence-electron chi connectivity index (χ4n) is 2.05. The molecule has 0 radical (unpaired) electrons. The zero-order valence-electron chi connectivity index (χ0n) is 12.9. The quantitative estimate of drug-likeness (QED) is 0.926. The lowest BCUT2D eigenvalue weighted by molar-refractivity contribution is 0.384. The third-order valence-electron chi connectivity index (χ3n) is 3.41. The Balaban J connectivity index is 1.97. The lowest BCUT2D eigenvalue weighted by atomic mass is 9.86. The van der Waals surface area contributed by atoms with Crippen LogP contribution in [0.1, 0.15) is 56.6 Å². The van der Waals surface area contributed by atoms with Crippen LogP contribution < -0.4 is 5.32 Å². The van der Waals surface area contributed by atoms with E-state index in [1.165, 1.54) is 11.1 Å². The molecule has 1 N–H and O–H groups in total. The summed E-state index contributed by atoms with van der Waals surface area (Å²) in [5.41, 5.74) is 2.80. The van der Waals surface area contributed by atoms with Crippen LogP contribution in [-0.4, -0.2) is 10.1 Å². The maximum atomic E-state index is 4.95. The Labute approximate surface area is 120 Å². The molecule has 0 bridgehead atoms. The van der Waals surface area contributed by atoms with Gasteiger partial charge < -0.3 is 9.84 Å². The first kappa shape index (κ1) is 14.7. The van der Waals surface area contributed by atoms with E-state index in [4.69, 9.17) is 4.52 Å². The van der Waals surface area contributed by atoms with E-state index in [-0.39, 0.29) is 11.5 Å². The maximum absolute atomic E-state index is 4.95. The zero-order valence-corrected chi connectivity index (χ0v) is 12.9. The number of aryl methyl sites for hydroxylation is 1. The lowest BCUT2D eigenvalue weighted by Gasteiger charge is -2.20. The minimum Gasteiger partial charge on any atom is -0.340 e. The Morgan fingerprint density at radius 3 is 2.35 bits per heavy atom. The number of benzene rings is 1. The number of nitrogens with zero attached hydrogens (tertiary/aromatic N) is 2. The summed E-state index contributed by atoms with van der Waals surface area (Å²) in [6, 6.07) is 9.01. The number of hydrogen-bond donors (Lipinski definition) is 1. The highest BCUT2D eigenvalue weighted by molar-refractivity contribution is 5.29. The van der Waals surface area contributed by atoms with Crippen LogP contribution in [0.4, 0.5) is 0 Å². The number of aromatic nitrogens is 2. The minimum absolute atomic E-state index is 0.192. The Morgan fingerprint density at radius 1 is 1.20 bits per heavy atom. The molecule has 0 aliphatic rings. The molecule has 1 aromatic carbocycles. The topological polar surface area (TPSA) is 51.0 Å². The largest absolute Gasteiger partial charge is 0.340 e. The Bertz CT molecular complexity index is 552. The third-order valence-corrected chi connectivity index (χ3v) is 3.41. The smallest absolute Gasteiger partial charge is 0.223 e. The van der Waals surface area contributed by atoms with Crippen molar-refractivity contribution >= 4 is 0 Å². The molecule has 1 unspecified atom stereocenters. The first-order valence-corrected chi connectivity index (χ1v) is 6.99. The molecule has 2 aromatic rings. The molecule has 20 heavy (non-hydrogen) atoms. The van der Waals surface area contributed by atoms with E-state index in [2.05, 4.69) is 67.4 Å². The fourth-order valence-corrected chi connectivity index (χ4v) is 2.05. The summed E-state index contributed by atoms with van der Waals surface area (Å²) < 4.78 is 4.95. The summed E-state index contributed by atoms with van der Waals surface area (Å²) in [7, 11) is 0. The van der Waals surface area contributed by atoms with Crippen molar-refractivity contribution in [2.45, 2.75) is 52.6 Å². The zero-order chi connectivity index (χ0) is 14.8. The van der Waals surface area contributed by atoms with Crippen LogP contribution in [0.25, 0.3) is 0 Å². The average molecular weight is 273 g/mol. The highest BCUT2D eigenvalue weighted by Gasteiger charge is 2.14. The highest BCUT2D eigenvalue weighted by Crippen LogP contribution is 2.23. The van der Waals surface area contributed by atoms with E-state index in [0.29, 0.717) is 18.3 Å². The predicted molar refractivity (Wildman–Crippen MR) is 79.4 cm³/mol. The van der Waals surface area contributed by atoms with Crippen LogP contribution in [0.15, 0.2) is 28.8 Å². The van der Waals surface area contributed by atoms with Gasteiger partial charge in [-0.2, -0.15) is 4.98 Å². The Kier molecular flexibility index (Phi) is 4.23. The molecule has 0 amide bonds. The Morgan fingerprint density at radius 2 is 1.85 bits per heavy atom. The summed E-state index contributed by atoms with van der Waals surface area (Å²) in [6.45, 7) is 11.2. The maximum Gasteiger partial charge on any atom is 0.223 e. The van der Waals surface area contributed by atoms with Crippen LogP contribution in [0, 0.1) is 6.92 Å². The van der Waals surface area contributed by atoms with E-state index >= 15 is 0 Å². The molecule has 1 aromatic heterocycles. The van der Waals surface area contributed by atoms with Gasteiger partial charge in [0.25, 0.3) is 0 Å². The van der Waals surface area contributed by atoms with Gasteiger partial charge in [-0.15, -0.1) is 0 Å². The standard InChI is InChI=1S/C16H23N3O/c1-11(17-10-15-18-12(2)20-19-15)13-6-8-14(9-7-13)16(3,4)5/h6-9,11,17H,10H2,1-5H3. The van der Waals surface area contributed by atoms with Gasteiger partial charge in [-0.05, 0) is 23.5 Å². The molecule has 0 spiro atoms. The van der Waals surface area contributed by atoms with Gasteiger partial charge in [0.1, 0.15) is 0 Å². The van der Waals surface area contributed by atoms with E-state index < -0.39 is 0 Å². The number of nitrogens with one attached hydrogen (secondary N) is 1. The van der Waals surface area contributed by atoms with Crippen LogP contribution in [0.3, 0.4) is 0 Å². The summed E-state index contributed by atoms with van der Waals surface area (Å²) in [4.78, 5) is 4.18. The van der Waals surface area contributed by atoms with Crippen molar-refractivity contribution in [2.24, 2.45) is 0 Å². The average Bonchev–Trinajstić information content (AvgIpc) is 2.81. The van der Waals surface area contributed by atoms with E-state index in [1.807, 2.05) is 0 Å². The van der Waals surface area contributed by atoms with Crippen molar-refractivity contribution < 1.29 is 4.52 Å². The van der Waals surface area contributed by atoms with Gasteiger partial charge in [-0.1, -0.05) is 50.2 Å². The molecule has 1 heterocycles. The van der Waals surface area contributed by atoms with Gasteiger partial charge in [0.2, 0.25) is 5.89 Å². The lowest BCUT2D eigenvalue weighted by Crippen LogP contribution is -2.19. The molecule has 0 saturated heterocycles. The molecule has 0 aliphatic carbocycles. The molecule has 1 atom stereocenters. The van der Waals surface area contributed by atoms with E-state index in [1.54, 1.807) is 6.92 Å². The van der Waals surface area contributed by atoms with Crippen molar-refractivity contribution in [1.82, 2.24) is 15.5 Å². The van der Waals surface area contributed by atoms with Gasteiger partial charge in [0.05, 0.1) is 6.54 Å². The molecular formula is C16H23N3O. The molecule has 108 valence electrons. The minimum atomic E-state index is 0.192. The van der Waals surface area contributed by atoms with Crippen molar-refractivity contribution in [1.29, 1.82) is 0 Å². The Hall–Kier alpha value is -1.68. The molecule has 0 fully saturated rings. The molecule has 4 heteroatoms. The summed E-state index contributed by atoms with van der Waals surface area (Å²) in [5.74, 6) is 1.30. The molecule has 0 saturated carbocycles. The molecule has 0 aliphatic heterocycles. The predicted octanol–water partition coefficient (Wildman–Crippen LogP) is 3.53. The van der Waals surface area contributed by atoms with Gasteiger partial charge in [-0.25, -0.2) is 0 Å². The first-order chi connectivity index (χ1) is 9.36. The molecular weight excluding hydrogens is 250 g/mol. The van der Waals surface area contributed by atoms with Crippen LogP contribution in [0.2, 0.25) is 0 Å². The second kappa shape index (κ2) is 5.75. The summed E-state index contributed by atoms with van der Waals surface area (Å²) in [6.07, 6.45) is 0. The summed E-state index contributed by atoms with van der Waals surface area (Å²) >= 11 is 0. The van der Waals surface area contributed by atoms with Crippen molar-refractivity contribution in [3.8, 4) is 0 Å². The van der Waals surface area contributed by atoms with Gasteiger partial charge in [0, 0.05) is 13.0 Å². The first-order valence-electron chi connectivity index (χ1n) is 6.99. The van der Waals surface area contributed by atoms with Gasteiger partial charge in [-0.3, -0.25) is 0 Å². The van der Waals surface area contributed by atoms with Crippen LogP contribution in [0.5, 0.6) is 0 Å². The number of hydrogen-bond acceptors (Lipinski definition) is 4. The van der Waals surface area contributed by atoms with Crippen LogP contribution >= 0.6 is 0 Å². The summed E-state index contributed by atoms with van der Waals surface area (Å²) in [5, 5.41) is 7.28. The van der Waals surface area contributed by atoms with Gasteiger partial charge >= 0.3 is 0 Å². The number of rotatable bonds is 4. The fraction of sp³-hybridized carbons (Fsp3) is 0.500. The second-order valence-corrected chi connectivity index (χ2v) is 6.20. The van der Waals surface area contributed by atoms with Crippen molar-refractivity contribution in [3.63, 3.8) is 0 Å². The van der Waals surface area contributed by atoms with Crippen molar-refractivity contribution in [3.05, 3.63) is 47.1 Å². The third kappa shape index (κ3) is 3.67. The van der Waals surface area contributed by atoms with Crippen molar-refractivity contribution in [2.75, 3.05) is 0 Å². The normalized spacial score (nSPS) is 13.4. The second-order valence-electron chi connectivity index (χ2n) is 6.20. The molecule has 4 nitrogen and oxygen atoms in total. The highest BCUT2D eigenvalue weighted by atomic mass is 16.5. The SMILES string of the molecule is Cc1nc(CNC(C)c2ccc(C(C)(C)C)cc2)no1. The van der Waals surface area contributed by atoms with E-state index in [9.17, 15) is 0 Å². The van der Waals surface area contributed by atoms with Crippen LogP contribution in [-0.2, 0) is 12.0 Å². The van der Waals surface area contributed by atoms with Gasteiger partial charge in [0.15, 0.2) is 5.82 Å². The molecule has 2 rings (SSSR count). The van der Waals surface area contributed by atoms with E-state index in [0.717, 1.165) is 0 Å². The monoisotopic (exact) mass is 273 g/mol.